The van der Waals surface area contributed by atoms with Crippen LogP contribution in [0.15, 0.2) is 0 Å². The van der Waals surface area contributed by atoms with Crippen molar-refractivity contribution in [3.8, 4) is 0 Å². The Bertz CT molecular complexity index is 367. The monoisotopic (exact) mass is 341 g/mol. The van der Waals surface area contributed by atoms with Gasteiger partial charge in [0.2, 0.25) is 0 Å². The standard InChI is InChI=1S/C19H35NO4/c1-13(21)9-20(10-14(2)22)11-18(23)12-24-19-6-15-3-16(7-19)5-17(4-15)8-19/h13-18,21-23H,3-12H2,1-2H3/t13-,14-,15?,16?,17?,18-,19?/m0/s1. The van der Waals surface area contributed by atoms with Crippen molar-refractivity contribution in [2.75, 3.05) is 26.2 Å². The Morgan fingerprint density at radius 2 is 1.33 bits per heavy atom. The first kappa shape index (κ1) is 18.6. The summed E-state index contributed by atoms with van der Waals surface area (Å²) in [6.07, 6.45) is 6.19. The smallest absolute Gasteiger partial charge is 0.0900 e. The molecule has 3 atom stereocenters. The van der Waals surface area contributed by atoms with Crippen LogP contribution in [-0.4, -0.2) is 70.4 Å². The second-order valence-electron chi connectivity index (χ2n) is 8.98. The molecule has 0 aliphatic heterocycles. The van der Waals surface area contributed by atoms with Crippen molar-refractivity contribution in [2.45, 2.75) is 76.3 Å². The maximum absolute atomic E-state index is 10.4. The summed E-state index contributed by atoms with van der Waals surface area (Å²) in [5.74, 6) is 2.53. The summed E-state index contributed by atoms with van der Waals surface area (Å²) in [5, 5.41) is 29.6. The molecule has 4 bridgehead atoms. The maximum Gasteiger partial charge on any atom is 0.0900 e. The number of hydrogen-bond donors (Lipinski definition) is 3. The van der Waals surface area contributed by atoms with Crippen LogP contribution in [0.3, 0.4) is 0 Å². The lowest BCUT2D eigenvalue weighted by Gasteiger charge is -2.56. The van der Waals surface area contributed by atoms with Gasteiger partial charge in [0, 0.05) is 19.6 Å². The van der Waals surface area contributed by atoms with Crippen LogP contribution in [0.4, 0.5) is 0 Å². The van der Waals surface area contributed by atoms with Gasteiger partial charge in [0.15, 0.2) is 0 Å². The Morgan fingerprint density at radius 3 is 1.75 bits per heavy atom. The van der Waals surface area contributed by atoms with E-state index in [1.165, 1.54) is 38.5 Å². The minimum Gasteiger partial charge on any atom is -0.392 e. The van der Waals surface area contributed by atoms with Gasteiger partial charge in [0.05, 0.1) is 30.5 Å². The molecule has 0 amide bonds. The summed E-state index contributed by atoms with van der Waals surface area (Å²) in [7, 11) is 0. The average Bonchev–Trinajstić information content (AvgIpc) is 2.42. The molecule has 5 nitrogen and oxygen atoms in total. The number of nitrogens with zero attached hydrogens (tertiary/aromatic N) is 1. The summed E-state index contributed by atoms with van der Waals surface area (Å²) < 4.78 is 6.31. The molecule has 0 aromatic rings. The topological polar surface area (TPSA) is 73.2 Å². The van der Waals surface area contributed by atoms with E-state index >= 15 is 0 Å². The van der Waals surface area contributed by atoms with Gasteiger partial charge in [-0.1, -0.05) is 0 Å². The van der Waals surface area contributed by atoms with Gasteiger partial charge in [-0.2, -0.15) is 0 Å². The molecule has 4 rings (SSSR count). The molecule has 0 spiro atoms. The molecule has 5 heteroatoms. The Kier molecular flexibility index (Phi) is 5.87. The number of hydrogen-bond acceptors (Lipinski definition) is 5. The van der Waals surface area contributed by atoms with Crippen LogP contribution in [0.5, 0.6) is 0 Å². The molecule has 0 radical (unpaired) electrons. The Balaban J connectivity index is 1.48. The van der Waals surface area contributed by atoms with E-state index in [1.54, 1.807) is 13.8 Å². The third kappa shape index (κ3) is 4.70. The van der Waals surface area contributed by atoms with E-state index in [9.17, 15) is 15.3 Å². The fraction of sp³-hybridized carbons (Fsp3) is 1.00. The highest BCUT2D eigenvalue weighted by Gasteiger charge is 2.51. The van der Waals surface area contributed by atoms with Crippen molar-refractivity contribution in [1.82, 2.24) is 4.90 Å². The highest BCUT2D eigenvalue weighted by Crippen LogP contribution is 2.57. The Hall–Kier alpha value is -0.200. The zero-order chi connectivity index (χ0) is 17.3. The third-order valence-electron chi connectivity index (χ3n) is 6.08. The van der Waals surface area contributed by atoms with Crippen LogP contribution in [0.2, 0.25) is 0 Å². The minimum absolute atomic E-state index is 0.0229. The van der Waals surface area contributed by atoms with Gasteiger partial charge >= 0.3 is 0 Å². The van der Waals surface area contributed by atoms with Gasteiger partial charge in [-0.25, -0.2) is 0 Å². The molecule has 4 fully saturated rings. The van der Waals surface area contributed by atoms with Gasteiger partial charge < -0.3 is 20.1 Å². The SMILES string of the molecule is C[C@H](O)CN(C[C@H](O)COC12CC3CC(CC(C3)C1)C2)C[C@H](C)O. The zero-order valence-corrected chi connectivity index (χ0v) is 15.2. The van der Waals surface area contributed by atoms with E-state index < -0.39 is 18.3 Å². The largest absolute Gasteiger partial charge is 0.392 e. The molecule has 24 heavy (non-hydrogen) atoms. The lowest BCUT2D eigenvalue weighted by molar-refractivity contribution is -0.176. The van der Waals surface area contributed by atoms with Gasteiger partial charge in [0.25, 0.3) is 0 Å². The van der Waals surface area contributed by atoms with Crippen molar-refractivity contribution < 1.29 is 20.1 Å². The number of aliphatic hydroxyl groups is 3. The van der Waals surface area contributed by atoms with Crippen LogP contribution in [-0.2, 0) is 4.74 Å². The molecule has 0 unspecified atom stereocenters. The highest BCUT2D eigenvalue weighted by molar-refractivity contribution is 5.03. The highest BCUT2D eigenvalue weighted by atomic mass is 16.5. The summed E-state index contributed by atoms with van der Waals surface area (Å²) in [5.41, 5.74) is 0.0229. The molecule has 0 heterocycles. The van der Waals surface area contributed by atoms with E-state index in [0.717, 1.165) is 17.8 Å². The van der Waals surface area contributed by atoms with E-state index in [-0.39, 0.29) is 5.60 Å². The minimum atomic E-state index is -0.574. The second kappa shape index (κ2) is 7.58. The zero-order valence-electron chi connectivity index (χ0n) is 15.2. The predicted octanol–water partition coefficient (Wildman–Crippen LogP) is 1.40. The van der Waals surface area contributed by atoms with E-state index in [0.29, 0.717) is 26.2 Å². The first-order valence-corrected chi connectivity index (χ1v) is 9.74. The molecule has 4 aliphatic carbocycles. The molecular weight excluding hydrogens is 306 g/mol. The molecule has 3 N–H and O–H groups in total. The van der Waals surface area contributed by atoms with Crippen molar-refractivity contribution in [3.05, 3.63) is 0 Å². The number of rotatable bonds is 9. The molecule has 0 aromatic carbocycles. The van der Waals surface area contributed by atoms with E-state index in [4.69, 9.17) is 4.74 Å². The lowest BCUT2D eigenvalue weighted by Crippen LogP contribution is -2.53. The number of ether oxygens (including phenoxy) is 1. The van der Waals surface area contributed by atoms with Gasteiger partial charge in [-0.3, -0.25) is 4.90 Å². The molecule has 4 saturated carbocycles. The predicted molar refractivity (Wildman–Crippen MR) is 92.7 cm³/mol. The Morgan fingerprint density at radius 1 is 0.875 bits per heavy atom. The fourth-order valence-electron chi connectivity index (χ4n) is 5.80. The van der Waals surface area contributed by atoms with Crippen molar-refractivity contribution in [3.63, 3.8) is 0 Å². The van der Waals surface area contributed by atoms with Gasteiger partial charge in [0.1, 0.15) is 0 Å². The number of aliphatic hydroxyl groups excluding tert-OH is 3. The van der Waals surface area contributed by atoms with Crippen LogP contribution in [0.1, 0.15) is 52.4 Å². The quantitative estimate of drug-likeness (QED) is 0.591. The van der Waals surface area contributed by atoms with Crippen LogP contribution in [0, 0.1) is 17.8 Å². The Labute approximate surface area is 146 Å². The molecular formula is C19H35NO4. The third-order valence-corrected chi connectivity index (χ3v) is 6.08. The lowest BCUT2D eigenvalue weighted by atomic mass is 9.54. The van der Waals surface area contributed by atoms with Crippen LogP contribution >= 0.6 is 0 Å². The summed E-state index contributed by atoms with van der Waals surface area (Å²) >= 11 is 0. The molecule has 4 aliphatic rings. The summed E-state index contributed by atoms with van der Waals surface area (Å²) in [6, 6.07) is 0. The summed E-state index contributed by atoms with van der Waals surface area (Å²) in [4.78, 5) is 1.92. The van der Waals surface area contributed by atoms with Crippen molar-refractivity contribution in [2.24, 2.45) is 17.8 Å². The van der Waals surface area contributed by atoms with E-state index in [2.05, 4.69) is 0 Å². The maximum atomic E-state index is 10.4. The summed E-state index contributed by atoms with van der Waals surface area (Å²) in [6.45, 7) is 5.17. The second-order valence-corrected chi connectivity index (χ2v) is 8.98. The molecule has 0 saturated heterocycles. The first-order chi connectivity index (χ1) is 11.3. The van der Waals surface area contributed by atoms with Crippen molar-refractivity contribution >= 4 is 0 Å². The molecule has 140 valence electrons. The fourth-order valence-corrected chi connectivity index (χ4v) is 5.80. The van der Waals surface area contributed by atoms with Gasteiger partial charge in [-0.05, 0) is 70.1 Å². The first-order valence-electron chi connectivity index (χ1n) is 9.74. The normalized spacial score (nSPS) is 38.5. The van der Waals surface area contributed by atoms with E-state index in [1.807, 2.05) is 4.90 Å². The van der Waals surface area contributed by atoms with Crippen LogP contribution < -0.4 is 0 Å². The average molecular weight is 341 g/mol. The van der Waals surface area contributed by atoms with Gasteiger partial charge in [-0.15, -0.1) is 0 Å². The van der Waals surface area contributed by atoms with Crippen molar-refractivity contribution in [1.29, 1.82) is 0 Å². The molecule has 0 aromatic heterocycles. The van der Waals surface area contributed by atoms with Crippen LogP contribution in [0.25, 0.3) is 0 Å².